The first kappa shape index (κ1) is 14.7. The summed E-state index contributed by atoms with van der Waals surface area (Å²) in [5, 5.41) is 2.52. The molecule has 0 aliphatic heterocycles. The summed E-state index contributed by atoms with van der Waals surface area (Å²) in [6.45, 7) is 0.141. The van der Waals surface area contributed by atoms with Crippen LogP contribution in [0.2, 0.25) is 0 Å². The minimum Gasteiger partial charge on any atom is -0.343 e. The van der Waals surface area contributed by atoms with E-state index < -0.39 is 5.91 Å². The normalized spacial score (nSPS) is 9.90. The van der Waals surface area contributed by atoms with Crippen LogP contribution in [0.15, 0.2) is 60.7 Å². The molecular weight excluding hydrogens is 268 g/mol. The van der Waals surface area contributed by atoms with Crippen LogP contribution in [0.5, 0.6) is 0 Å². The highest BCUT2D eigenvalue weighted by atomic mass is 16.6. The third kappa shape index (κ3) is 5.08. The van der Waals surface area contributed by atoms with E-state index in [4.69, 9.17) is 4.84 Å². The molecular formula is C16H16N2O3. The number of benzene rings is 2. The Morgan fingerprint density at radius 1 is 0.905 bits per heavy atom. The summed E-state index contributed by atoms with van der Waals surface area (Å²) < 4.78 is 0. The minimum atomic E-state index is -0.407. The highest BCUT2D eigenvalue weighted by Crippen LogP contribution is 1.99. The molecule has 5 nitrogen and oxygen atoms in total. The Morgan fingerprint density at radius 3 is 2.19 bits per heavy atom. The van der Waals surface area contributed by atoms with Gasteiger partial charge in [0.2, 0.25) is 0 Å². The summed E-state index contributed by atoms with van der Waals surface area (Å²) in [5.74, 6) is -0.705. The van der Waals surface area contributed by atoms with Crippen LogP contribution in [-0.4, -0.2) is 18.4 Å². The van der Waals surface area contributed by atoms with Crippen LogP contribution in [0.25, 0.3) is 0 Å². The highest BCUT2D eigenvalue weighted by Gasteiger charge is 2.07. The van der Waals surface area contributed by atoms with Crippen molar-refractivity contribution in [2.24, 2.45) is 0 Å². The number of nitrogens with one attached hydrogen (secondary N) is 2. The molecule has 0 atom stereocenters. The Labute approximate surface area is 122 Å². The van der Waals surface area contributed by atoms with Gasteiger partial charge < -0.3 is 5.32 Å². The SMILES string of the molecule is O=C(CNC(=O)c1ccccc1)NOCc1ccccc1. The van der Waals surface area contributed by atoms with Gasteiger partial charge >= 0.3 is 0 Å². The Hall–Kier alpha value is -2.66. The molecule has 0 bridgehead atoms. The zero-order chi connectivity index (χ0) is 14.9. The van der Waals surface area contributed by atoms with Crippen molar-refractivity contribution >= 4 is 11.8 Å². The van der Waals surface area contributed by atoms with Crippen molar-refractivity contribution < 1.29 is 14.4 Å². The van der Waals surface area contributed by atoms with E-state index in [1.807, 2.05) is 36.4 Å². The lowest BCUT2D eigenvalue weighted by Crippen LogP contribution is -2.36. The maximum atomic E-state index is 11.7. The Bertz CT molecular complexity index is 585. The second-order valence-corrected chi connectivity index (χ2v) is 4.35. The average Bonchev–Trinajstić information content (AvgIpc) is 2.54. The standard InChI is InChI=1S/C16H16N2O3/c19-15(18-21-12-13-7-3-1-4-8-13)11-17-16(20)14-9-5-2-6-10-14/h1-10H,11-12H2,(H,17,20)(H,18,19). The Kier molecular flexibility index (Phi) is 5.49. The maximum absolute atomic E-state index is 11.7. The first-order valence-corrected chi connectivity index (χ1v) is 6.53. The average molecular weight is 284 g/mol. The molecule has 0 radical (unpaired) electrons. The van der Waals surface area contributed by atoms with Crippen molar-refractivity contribution in [2.75, 3.05) is 6.54 Å². The second kappa shape index (κ2) is 7.81. The predicted molar refractivity (Wildman–Crippen MR) is 78.1 cm³/mol. The van der Waals surface area contributed by atoms with Gasteiger partial charge in [0.15, 0.2) is 0 Å². The molecule has 2 aromatic carbocycles. The van der Waals surface area contributed by atoms with Gasteiger partial charge in [0.05, 0.1) is 13.2 Å². The van der Waals surface area contributed by atoms with Crippen molar-refractivity contribution in [3.05, 3.63) is 71.8 Å². The number of carbonyl (C=O) groups excluding carboxylic acids is 2. The predicted octanol–water partition coefficient (Wildman–Crippen LogP) is 1.66. The fraction of sp³-hybridized carbons (Fsp3) is 0.125. The number of hydroxylamine groups is 1. The van der Waals surface area contributed by atoms with E-state index in [0.29, 0.717) is 5.56 Å². The molecule has 0 heterocycles. The molecule has 0 fully saturated rings. The van der Waals surface area contributed by atoms with Crippen molar-refractivity contribution in [2.45, 2.75) is 6.61 Å². The third-order valence-electron chi connectivity index (χ3n) is 2.71. The first-order chi connectivity index (χ1) is 10.3. The van der Waals surface area contributed by atoms with E-state index in [-0.39, 0.29) is 19.1 Å². The molecule has 0 saturated heterocycles. The van der Waals surface area contributed by atoms with Crippen LogP contribution in [0.1, 0.15) is 15.9 Å². The van der Waals surface area contributed by atoms with E-state index in [1.165, 1.54) is 0 Å². The molecule has 2 N–H and O–H groups in total. The van der Waals surface area contributed by atoms with Crippen molar-refractivity contribution in [3.63, 3.8) is 0 Å². The van der Waals surface area contributed by atoms with Crippen molar-refractivity contribution in [1.29, 1.82) is 0 Å². The molecule has 0 aromatic heterocycles. The Morgan fingerprint density at radius 2 is 1.52 bits per heavy atom. The molecule has 0 spiro atoms. The Balaban J connectivity index is 1.67. The number of amides is 2. The van der Waals surface area contributed by atoms with Gasteiger partial charge in [-0.1, -0.05) is 48.5 Å². The van der Waals surface area contributed by atoms with Gasteiger partial charge in [-0.3, -0.25) is 14.4 Å². The van der Waals surface area contributed by atoms with Crippen molar-refractivity contribution in [3.8, 4) is 0 Å². The number of hydrogen-bond acceptors (Lipinski definition) is 3. The lowest BCUT2D eigenvalue weighted by atomic mass is 10.2. The van der Waals surface area contributed by atoms with Gasteiger partial charge in [0, 0.05) is 5.56 Å². The van der Waals surface area contributed by atoms with E-state index in [1.54, 1.807) is 24.3 Å². The highest BCUT2D eigenvalue weighted by molar-refractivity contribution is 5.96. The van der Waals surface area contributed by atoms with E-state index in [2.05, 4.69) is 10.8 Å². The summed E-state index contributed by atoms with van der Waals surface area (Å²) in [6, 6.07) is 18.2. The molecule has 2 amide bonds. The maximum Gasteiger partial charge on any atom is 0.262 e. The third-order valence-corrected chi connectivity index (χ3v) is 2.71. The van der Waals surface area contributed by atoms with Gasteiger partial charge in [0.1, 0.15) is 0 Å². The van der Waals surface area contributed by atoms with E-state index in [0.717, 1.165) is 5.56 Å². The fourth-order valence-corrected chi connectivity index (χ4v) is 1.66. The van der Waals surface area contributed by atoms with Gasteiger partial charge in [-0.2, -0.15) is 0 Å². The second-order valence-electron chi connectivity index (χ2n) is 4.35. The topological polar surface area (TPSA) is 67.4 Å². The molecule has 5 heteroatoms. The molecule has 2 aromatic rings. The quantitative estimate of drug-likeness (QED) is 0.793. The van der Waals surface area contributed by atoms with Crippen LogP contribution < -0.4 is 10.8 Å². The van der Waals surface area contributed by atoms with Gasteiger partial charge in [-0.05, 0) is 17.7 Å². The molecule has 108 valence electrons. The zero-order valence-electron chi connectivity index (χ0n) is 11.4. The van der Waals surface area contributed by atoms with E-state index >= 15 is 0 Å². The van der Waals surface area contributed by atoms with Crippen molar-refractivity contribution in [1.82, 2.24) is 10.8 Å². The smallest absolute Gasteiger partial charge is 0.262 e. The first-order valence-electron chi connectivity index (χ1n) is 6.53. The summed E-state index contributed by atoms with van der Waals surface area (Å²) >= 11 is 0. The lowest BCUT2D eigenvalue weighted by molar-refractivity contribution is -0.133. The lowest BCUT2D eigenvalue weighted by Gasteiger charge is -2.07. The molecule has 0 saturated carbocycles. The van der Waals surface area contributed by atoms with Gasteiger partial charge in [-0.25, -0.2) is 5.48 Å². The fourth-order valence-electron chi connectivity index (χ4n) is 1.66. The number of rotatable bonds is 6. The largest absolute Gasteiger partial charge is 0.343 e. The monoisotopic (exact) mass is 284 g/mol. The van der Waals surface area contributed by atoms with Crippen LogP contribution in [0, 0.1) is 0 Å². The van der Waals surface area contributed by atoms with Gasteiger partial charge in [-0.15, -0.1) is 0 Å². The molecule has 21 heavy (non-hydrogen) atoms. The molecule has 0 unspecified atom stereocenters. The number of hydrogen-bond donors (Lipinski definition) is 2. The molecule has 0 aliphatic carbocycles. The number of carbonyl (C=O) groups is 2. The van der Waals surface area contributed by atoms with E-state index in [9.17, 15) is 9.59 Å². The van der Waals surface area contributed by atoms with Crippen LogP contribution in [-0.2, 0) is 16.2 Å². The summed E-state index contributed by atoms with van der Waals surface area (Å²) in [5.41, 5.74) is 3.74. The summed E-state index contributed by atoms with van der Waals surface area (Å²) in [7, 11) is 0. The zero-order valence-corrected chi connectivity index (χ0v) is 11.4. The summed E-state index contributed by atoms with van der Waals surface area (Å²) in [4.78, 5) is 28.3. The molecule has 0 aliphatic rings. The van der Waals surface area contributed by atoms with Crippen LogP contribution in [0.4, 0.5) is 0 Å². The van der Waals surface area contributed by atoms with Crippen LogP contribution >= 0.6 is 0 Å². The minimum absolute atomic E-state index is 0.136. The molecule has 2 rings (SSSR count). The van der Waals surface area contributed by atoms with Gasteiger partial charge in [0.25, 0.3) is 11.8 Å². The van der Waals surface area contributed by atoms with Crippen LogP contribution in [0.3, 0.4) is 0 Å². The summed E-state index contributed by atoms with van der Waals surface area (Å²) in [6.07, 6.45) is 0.